The summed E-state index contributed by atoms with van der Waals surface area (Å²) in [5, 5.41) is 8.98. The van der Waals surface area contributed by atoms with Crippen molar-refractivity contribution < 1.29 is 5.11 Å². The molecule has 0 aliphatic heterocycles. The Kier molecular flexibility index (Phi) is 2.01. The molecule has 0 aliphatic rings. The van der Waals surface area contributed by atoms with Crippen LogP contribution in [0.5, 0.6) is 5.75 Å². The molecule has 0 fully saturated rings. The molecular weight excluding hydrogens is 156 g/mol. The van der Waals surface area contributed by atoms with Crippen molar-refractivity contribution in [3.63, 3.8) is 0 Å². The van der Waals surface area contributed by atoms with E-state index in [0.717, 1.165) is 0 Å². The Hall–Kier alpha value is -1.56. The Morgan fingerprint density at radius 2 is 2.08 bits per heavy atom. The third-order valence-electron chi connectivity index (χ3n) is 1.84. The average molecular weight is 164 g/mol. The van der Waals surface area contributed by atoms with Crippen molar-refractivity contribution in [2.75, 3.05) is 0 Å². The summed E-state index contributed by atoms with van der Waals surface area (Å²) in [4.78, 5) is 21.4. The van der Waals surface area contributed by atoms with Gasteiger partial charge in [0.15, 0.2) is 5.75 Å². The summed E-state index contributed by atoms with van der Waals surface area (Å²) >= 11 is 0. The van der Waals surface area contributed by atoms with Crippen LogP contribution in [0.25, 0.3) is 0 Å². The van der Waals surface area contributed by atoms with Crippen LogP contribution in [-0.4, -0.2) is 5.11 Å². The summed E-state index contributed by atoms with van der Waals surface area (Å²) in [7, 11) is 0. The zero-order valence-corrected chi connectivity index (χ0v) is 6.63. The normalized spacial score (nSPS) is 12.7. The van der Waals surface area contributed by atoms with Gasteiger partial charge in [-0.2, -0.15) is 0 Å². The highest BCUT2D eigenvalue weighted by molar-refractivity contribution is 5.40. The van der Waals surface area contributed by atoms with Crippen LogP contribution < -0.4 is 10.9 Å². The van der Waals surface area contributed by atoms with E-state index >= 15 is 0 Å². The molecule has 0 radical (unpaired) electrons. The number of terminal acetylenes is 1. The first-order chi connectivity index (χ1) is 5.59. The number of aromatic hydroxyl groups is 1. The molecule has 0 saturated heterocycles. The summed E-state index contributed by atoms with van der Waals surface area (Å²) < 4.78 is 0. The van der Waals surface area contributed by atoms with Gasteiger partial charge >= 0.3 is 0 Å². The molecule has 3 nitrogen and oxygen atoms in total. The van der Waals surface area contributed by atoms with Crippen LogP contribution in [0.1, 0.15) is 24.8 Å². The van der Waals surface area contributed by atoms with Crippen LogP contribution in [0.2, 0.25) is 0 Å². The Morgan fingerprint density at radius 3 is 2.50 bits per heavy atom. The van der Waals surface area contributed by atoms with Crippen LogP contribution in [-0.2, 0) is 0 Å². The molecule has 1 rings (SSSR count). The number of hydrogen-bond acceptors (Lipinski definition) is 3. The summed E-state index contributed by atoms with van der Waals surface area (Å²) in [6.45, 7) is 1.70. The molecule has 1 aromatic rings. The highest BCUT2D eigenvalue weighted by Crippen LogP contribution is 2.22. The summed E-state index contributed by atoms with van der Waals surface area (Å²) in [6, 6.07) is 0. The lowest BCUT2D eigenvalue weighted by Gasteiger charge is -2.10. The molecule has 0 spiro atoms. The summed E-state index contributed by atoms with van der Waals surface area (Å²) in [5.74, 6) is 1.73. The molecular formula is C9H8O3. The van der Waals surface area contributed by atoms with Crippen LogP contribution >= 0.6 is 0 Å². The SMILES string of the molecule is C#CCC(C)c1c(O)c(=O)c1=O. The highest BCUT2D eigenvalue weighted by atomic mass is 16.3. The minimum absolute atomic E-state index is 0.179. The van der Waals surface area contributed by atoms with Gasteiger partial charge in [0.1, 0.15) is 0 Å². The Balaban J connectivity index is 3.01. The van der Waals surface area contributed by atoms with Gasteiger partial charge in [-0.25, -0.2) is 0 Å². The van der Waals surface area contributed by atoms with E-state index in [-0.39, 0.29) is 11.5 Å². The summed E-state index contributed by atoms with van der Waals surface area (Å²) in [6.07, 6.45) is 5.38. The Bertz CT molecular complexity index is 402. The van der Waals surface area contributed by atoms with E-state index in [4.69, 9.17) is 11.5 Å². The molecule has 0 bridgehead atoms. The zero-order chi connectivity index (χ0) is 9.30. The maximum atomic E-state index is 10.9. The van der Waals surface area contributed by atoms with Gasteiger partial charge in [-0.3, -0.25) is 9.59 Å². The van der Waals surface area contributed by atoms with Gasteiger partial charge < -0.3 is 5.11 Å². The molecule has 62 valence electrons. The molecule has 0 aromatic heterocycles. The van der Waals surface area contributed by atoms with E-state index in [9.17, 15) is 9.59 Å². The summed E-state index contributed by atoms with van der Waals surface area (Å²) in [5.41, 5.74) is -1.22. The van der Waals surface area contributed by atoms with E-state index in [1.807, 2.05) is 0 Å². The first-order valence-corrected chi connectivity index (χ1v) is 3.55. The Morgan fingerprint density at radius 1 is 1.50 bits per heavy atom. The minimum atomic E-state index is -0.797. The van der Waals surface area contributed by atoms with E-state index in [0.29, 0.717) is 6.42 Å². The quantitative estimate of drug-likeness (QED) is 0.498. The standard InChI is InChI=1S/C9H8O3/c1-3-4-5(2)6-7(10)9(12)8(6)11/h1,5,10H,4H2,2H3. The average Bonchev–Trinajstić information content (AvgIpc) is 2.05. The fourth-order valence-electron chi connectivity index (χ4n) is 1.13. The van der Waals surface area contributed by atoms with Crippen molar-refractivity contribution >= 4 is 0 Å². The molecule has 1 N–H and O–H groups in total. The van der Waals surface area contributed by atoms with Crippen molar-refractivity contribution in [3.8, 4) is 18.1 Å². The third kappa shape index (κ3) is 1.02. The molecule has 1 atom stereocenters. The lowest BCUT2D eigenvalue weighted by molar-refractivity contribution is 0.447. The van der Waals surface area contributed by atoms with Crippen molar-refractivity contribution in [1.29, 1.82) is 0 Å². The molecule has 0 aliphatic carbocycles. The maximum absolute atomic E-state index is 10.9. The minimum Gasteiger partial charge on any atom is -0.504 e. The van der Waals surface area contributed by atoms with E-state index in [2.05, 4.69) is 5.92 Å². The highest BCUT2D eigenvalue weighted by Gasteiger charge is 2.23. The second kappa shape index (κ2) is 2.82. The predicted molar refractivity (Wildman–Crippen MR) is 44.9 cm³/mol. The molecule has 1 aromatic carbocycles. The van der Waals surface area contributed by atoms with Gasteiger partial charge in [0.05, 0.1) is 5.56 Å². The molecule has 0 heterocycles. The van der Waals surface area contributed by atoms with Crippen LogP contribution in [0.4, 0.5) is 0 Å². The Labute approximate surface area is 69.4 Å². The number of rotatable bonds is 2. The first kappa shape index (κ1) is 8.54. The fourth-order valence-corrected chi connectivity index (χ4v) is 1.13. The van der Waals surface area contributed by atoms with E-state index < -0.39 is 16.6 Å². The van der Waals surface area contributed by atoms with Crippen LogP contribution in [0, 0.1) is 12.3 Å². The monoisotopic (exact) mass is 164 g/mol. The molecule has 0 saturated carbocycles. The topological polar surface area (TPSA) is 54.4 Å². The fraction of sp³-hybridized carbons (Fsp3) is 0.333. The van der Waals surface area contributed by atoms with Crippen LogP contribution in [0.3, 0.4) is 0 Å². The lowest BCUT2D eigenvalue weighted by atomic mass is 9.93. The first-order valence-electron chi connectivity index (χ1n) is 3.55. The largest absolute Gasteiger partial charge is 0.504 e. The molecule has 12 heavy (non-hydrogen) atoms. The van der Waals surface area contributed by atoms with Crippen molar-refractivity contribution in [1.82, 2.24) is 0 Å². The molecule has 0 amide bonds. The second-order valence-electron chi connectivity index (χ2n) is 2.73. The zero-order valence-electron chi connectivity index (χ0n) is 6.63. The van der Waals surface area contributed by atoms with Crippen molar-refractivity contribution in [3.05, 3.63) is 26.0 Å². The third-order valence-corrected chi connectivity index (χ3v) is 1.84. The van der Waals surface area contributed by atoms with E-state index in [1.54, 1.807) is 6.92 Å². The van der Waals surface area contributed by atoms with Gasteiger partial charge in [0.25, 0.3) is 5.43 Å². The van der Waals surface area contributed by atoms with E-state index in [1.165, 1.54) is 0 Å². The molecule has 1 unspecified atom stereocenters. The van der Waals surface area contributed by atoms with Gasteiger partial charge in [-0.1, -0.05) is 6.92 Å². The smallest absolute Gasteiger partial charge is 0.267 e. The predicted octanol–water partition coefficient (Wildman–Crippen LogP) is 0.115. The van der Waals surface area contributed by atoms with Crippen LogP contribution in [0.15, 0.2) is 9.59 Å². The second-order valence-corrected chi connectivity index (χ2v) is 2.73. The number of hydrogen-bond donors (Lipinski definition) is 1. The van der Waals surface area contributed by atoms with Gasteiger partial charge in [-0.15, -0.1) is 12.3 Å². The van der Waals surface area contributed by atoms with Crippen molar-refractivity contribution in [2.24, 2.45) is 0 Å². The van der Waals surface area contributed by atoms with Gasteiger partial charge in [0, 0.05) is 6.42 Å². The van der Waals surface area contributed by atoms with Gasteiger partial charge in [-0.05, 0) is 5.92 Å². The molecule has 3 heteroatoms. The maximum Gasteiger partial charge on any atom is 0.267 e. The van der Waals surface area contributed by atoms with Gasteiger partial charge in [0.2, 0.25) is 5.43 Å². The lowest BCUT2D eigenvalue weighted by Crippen LogP contribution is -2.35. The van der Waals surface area contributed by atoms with Crippen molar-refractivity contribution in [2.45, 2.75) is 19.3 Å².